The van der Waals surface area contributed by atoms with Gasteiger partial charge >= 0.3 is 12.1 Å². The molecule has 2 rings (SSSR count). The molecule has 184 valence electrons. The SMILES string of the molecule is CC(COc1ccc(C(F)(F)F)cc1)CC(CC#N)S(=O)(=O)c1ccc(OCC(=O)O)c(S)c1. The van der Waals surface area contributed by atoms with Gasteiger partial charge in [-0.25, -0.2) is 13.2 Å². The molecule has 2 atom stereocenters. The van der Waals surface area contributed by atoms with Crippen molar-refractivity contribution in [1.29, 1.82) is 5.26 Å². The van der Waals surface area contributed by atoms with Crippen LogP contribution in [0, 0.1) is 17.2 Å². The van der Waals surface area contributed by atoms with E-state index in [2.05, 4.69) is 12.6 Å². The normalized spacial score (nSPS) is 13.5. The number of rotatable bonds is 11. The Morgan fingerprint density at radius 1 is 1.18 bits per heavy atom. The van der Waals surface area contributed by atoms with Crippen molar-refractivity contribution in [2.24, 2.45) is 5.92 Å². The van der Waals surface area contributed by atoms with Crippen LogP contribution >= 0.6 is 12.6 Å². The third kappa shape index (κ3) is 7.56. The van der Waals surface area contributed by atoms with E-state index in [1.165, 1.54) is 30.3 Å². The fraction of sp³-hybridized carbons (Fsp3) is 0.364. The summed E-state index contributed by atoms with van der Waals surface area (Å²) in [5.41, 5.74) is -0.809. The molecule has 7 nitrogen and oxygen atoms in total. The van der Waals surface area contributed by atoms with Gasteiger partial charge in [-0.1, -0.05) is 6.92 Å². The molecule has 0 aliphatic heterocycles. The minimum atomic E-state index is -4.46. The van der Waals surface area contributed by atoms with Gasteiger partial charge in [0, 0.05) is 4.90 Å². The number of nitrogens with zero attached hydrogens (tertiary/aromatic N) is 1. The van der Waals surface area contributed by atoms with Gasteiger partial charge in [0.15, 0.2) is 16.4 Å². The van der Waals surface area contributed by atoms with Crippen LogP contribution in [0.3, 0.4) is 0 Å². The summed E-state index contributed by atoms with van der Waals surface area (Å²) in [4.78, 5) is 10.7. The molecule has 2 aromatic rings. The van der Waals surface area contributed by atoms with E-state index in [-0.39, 0.29) is 46.7 Å². The molecule has 2 unspecified atom stereocenters. The first-order valence-corrected chi connectivity index (χ1v) is 11.9. The van der Waals surface area contributed by atoms with Crippen molar-refractivity contribution in [3.63, 3.8) is 0 Å². The summed E-state index contributed by atoms with van der Waals surface area (Å²) in [5.74, 6) is -1.24. The van der Waals surface area contributed by atoms with Gasteiger partial charge in [-0.3, -0.25) is 0 Å². The Morgan fingerprint density at radius 2 is 1.82 bits per heavy atom. The van der Waals surface area contributed by atoms with E-state index in [1.54, 1.807) is 6.92 Å². The van der Waals surface area contributed by atoms with Crippen LogP contribution in [0.2, 0.25) is 0 Å². The molecule has 0 saturated heterocycles. The highest BCUT2D eigenvalue weighted by Gasteiger charge is 2.31. The summed E-state index contributed by atoms with van der Waals surface area (Å²) in [6.45, 7) is 1.12. The van der Waals surface area contributed by atoms with Crippen LogP contribution in [0.5, 0.6) is 11.5 Å². The molecule has 0 heterocycles. The van der Waals surface area contributed by atoms with Crippen molar-refractivity contribution in [2.45, 2.75) is 41.0 Å². The van der Waals surface area contributed by atoms with Crippen molar-refractivity contribution >= 4 is 28.4 Å². The average molecular weight is 518 g/mol. The summed E-state index contributed by atoms with van der Waals surface area (Å²) in [5, 5.41) is 16.8. The molecular weight excluding hydrogens is 495 g/mol. The molecule has 0 amide bonds. The third-order valence-corrected chi connectivity index (χ3v) is 7.25. The van der Waals surface area contributed by atoms with Crippen molar-refractivity contribution in [2.75, 3.05) is 13.2 Å². The lowest BCUT2D eigenvalue weighted by atomic mass is 10.1. The van der Waals surface area contributed by atoms with E-state index in [0.29, 0.717) is 0 Å². The fourth-order valence-corrected chi connectivity index (χ4v) is 5.21. The number of sulfone groups is 1. The van der Waals surface area contributed by atoms with Crippen LogP contribution in [0.15, 0.2) is 52.3 Å². The van der Waals surface area contributed by atoms with Crippen LogP contribution in [0.4, 0.5) is 13.2 Å². The molecule has 0 radical (unpaired) electrons. The van der Waals surface area contributed by atoms with Gasteiger partial charge in [-0.05, 0) is 54.8 Å². The van der Waals surface area contributed by atoms with Crippen molar-refractivity contribution in [3.8, 4) is 17.6 Å². The zero-order chi connectivity index (χ0) is 25.5. The molecule has 0 spiro atoms. The minimum Gasteiger partial charge on any atom is -0.493 e. The lowest BCUT2D eigenvalue weighted by molar-refractivity contribution is -0.139. The van der Waals surface area contributed by atoms with Gasteiger partial charge in [0.25, 0.3) is 0 Å². The second-order valence-electron chi connectivity index (χ2n) is 7.52. The molecule has 1 N–H and O–H groups in total. The molecular formula is C22H22F3NO6S2. The first-order chi connectivity index (χ1) is 15.8. The van der Waals surface area contributed by atoms with E-state index in [9.17, 15) is 26.4 Å². The van der Waals surface area contributed by atoms with Crippen LogP contribution in [0.25, 0.3) is 0 Å². The first-order valence-electron chi connectivity index (χ1n) is 9.93. The zero-order valence-corrected chi connectivity index (χ0v) is 19.7. The maximum Gasteiger partial charge on any atom is 0.416 e. The number of alkyl halides is 3. The van der Waals surface area contributed by atoms with Crippen LogP contribution in [-0.4, -0.2) is 38.0 Å². The predicted octanol–water partition coefficient (Wildman–Crippen LogP) is 4.62. The Hall–Kier alpha value is -2.91. The van der Waals surface area contributed by atoms with Gasteiger partial charge in [0.2, 0.25) is 0 Å². The summed E-state index contributed by atoms with van der Waals surface area (Å²) in [7, 11) is -3.96. The van der Waals surface area contributed by atoms with Crippen molar-refractivity contribution < 1.29 is 41.0 Å². The minimum absolute atomic E-state index is 0.0304. The van der Waals surface area contributed by atoms with Gasteiger partial charge in [0.1, 0.15) is 11.5 Å². The highest BCUT2D eigenvalue weighted by Crippen LogP contribution is 2.32. The number of carbonyl (C=O) groups is 1. The smallest absolute Gasteiger partial charge is 0.416 e. The van der Waals surface area contributed by atoms with E-state index in [4.69, 9.17) is 19.8 Å². The average Bonchev–Trinajstić information content (AvgIpc) is 2.76. The quantitative estimate of drug-likeness (QED) is 0.418. The molecule has 0 aliphatic rings. The van der Waals surface area contributed by atoms with Crippen LogP contribution in [-0.2, 0) is 20.8 Å². The lowest BCUT2D eigenvalue weighted by Gasteiger charge is -2.20. The van der Waals surface area contributed by atoms with Gasteiger partial charge < -0.3 is 14.6 Å². The Bertz CT molecular complexity index is 1140. The lowest BCUT2D eigenvalue weighted by Crippen LogP contribution is -2.26. The number of halogens is 3. The summed E-state index contributed by atoms with van der Waals surface area (Å²) in [6.07, 6.45) is -4.68. The topological polar surface area (TPSA) is 114 Å². The Morgan fingerprint density at radius 3 is 2.35 bits per heavy atom. The number of aliphatic carboxylic acids is 1. The molecule has 0 aromatic heterocycles. The van der Waals surface area contributed by atoms with E-state index in [1.807, 2.05) is 6.07 Å². The number of carboxylic acid groups (broad SMARTS) is 1. The second-order valence-corrected chi connectivity index (χ2v) is 10.2. The molecule has 34 heavy (non-hydrogen) atoms. The molecule has 0 fully saturated rings. The largest absolute Gasteiger partial charge is 0.493 e. The first kappa shape index (κ1) is 27.3. The zero-order valence-electron chi connectivity index (χ0n) is 17.9. The summed E-state index contributed by atoms with van der Waals surface area (Å²) < 4.78 is 74.8. The van der Waals surface area contributed by atoms with Gasteiger partial charge in [-0.2, -0.15) is 18.4 Å². The van der Waals surface area contributed by atoms with E-state index < -0.39 is 39.4 Å². The fourth-order valence-electron chi connectivity index (χ4n) is 3.05. The third-order valence-electron chi connectivity index (χ3n) is 4.75. The van der Waals surface area contributed by atoms with Crippen LogP contribution in [0.1, 0.15) is 25.3 Å². The van der Waals surface area contributed by atoms with E-state index in [0.717, 1.165) is 12.1 Å². The Labute approximate surface area is 200 Å². The van der Waals surface area contributed by atoms with Crippen molar-refractivity contribution in [3.05, 3.63) is 48.0 Å². The number of thiol groups is 1. The van der Waals surface area contributed by atoms with Crippen molar-refractivity contribution in [1.82, 2.24) is 0 Å². The number of benzene rings is 2. The number of ether oxygens (including phenoxy) is 2. The van der Waals surface area contributed by atoms with Crippen LogP contribution < -0.4 is 9.47 Å². The summed E-state index contributed by atoms with van der Waals surface area (Å²) >= 11 is 4.15. The van der Waals surface area contributed by atoms with E-state index >= 15 is 0 Å². The maximum atomic E-state index is 13.1. The number of nitriles is 1. The number of hydrogen-bond acceptors (Lipinski definition) is 7. The monoisotopic (exact) mass is 517 g/mol. The summed E-state index contributed by atoms with van der Waals surface area (Å²) in [6, 6.07) is 9.78. The standard InChI is InChI=1S/C22H22F3NO6S2/c1-14(12-31-16-4-2-15(3-5-16)22(23,24)25)10-18(8-9-26)34(29,30)17-6-7-19(20(33)11-17)32-13-21(27)28/h2-7,11,14,18,33H,8,10,12-13H2,1H3,(H,27,28). The van der Waals surface area contributed by atoms with Gasteiger partial charge in [0.05, 0.1) is 34.8 Å². The molecule has 12 heteroatoms. The number of hydrogen-bond donors (Lipinski definition) is 2. The number of carboxylic acids is 1. The molecule has 0 bridgehead atoms. The molecule has 0 aliphatic carbocycles. The Kier molecular flexibility index (Phi) is 9.23. The highest BCUT2D eigenvalue weighted by atomic mass is 32.2. The molecule has 0 saturated carbocycles. The molecule has 2 aromatic carbocycles. The predicted molar refractivity (Wildman–Crippen MR) is 119 cm³/mol. The Balaban J connectivity index is 2.08. The second kappa shape index (κ2) is 11.5. The van der Waals surface area contributed by atoms with Gasteiger partial charge in [-0.15, -0.1) is 12.6 Å². The highest BCUT2D eigenvalue weighted by molar-refractivity contribution is 7.92. The maximum absolute atomic E-state index is 13.1.